The van der Waals surface area contributed by atoms with Crippen molar-refractivity contribution in [3.63, 3.8) is 0 Å². The predicted octanol–water partition coefficient (Wildman–Crippen LogP) is 5.85. The Labute approximate surface area is 192 Å². The van der Waals surface area contributed by atoms with Crippen LogP contribution in [0, 0.1) is 13.8 Å². The molecule has 1 amide bonds. The maximum atomic E-state index is 13.7. The zero-order valence-corrected chi connectivity index (χ0v) is 19.5. The van der Waals surface area contributed by atoms with Gasteiger partial charge >= 0.3 is 0 Å². The molecule has 0 radical (unpaired) electrons. The van der Waals surface area contributed by atoms with E-state index in [1.165, 1.54) is 5.56 Å². The summed E-state index contributed by atoms with van der Waals surface area (Å²) in [6.07, 6.45) is 0. The molecule has 0 spiro atoms. The molecule has 0 fully saturated rings. The van der Waals surface area contributed by atoms with Gasteiger partial charge in [-0.05, 0) is 54.7 Å². The highest BCUT2D eigenvalue weighted by atomic mass is 16.3. The lowest BCUT2D eigenvalue weighted by Gasteiger charge is -2.25. The fourth-order valence-corrected chi connectivity index (χ4v) is 4.47. The first-order valence-electron chi connectivity index (χ1n) is 11.1. The number of carbonyl (C=O) groups excluding carboxylic acids is 1. The molecule has 2 aromatic heterocycles. The molecule has 3 heterocycles. The Bertz CT molecular complexity index is 1460. The molecule has 5 nitrogen and oxygen atoms in total. The van der Waals surface area contributed by atoms with Crippen LogP contribution < -0.4 is 10.3 Å². The maximum Gasteiger partial charge on any atom is 0.296 e. The van der Waals surface area contributed by atoms with Crippen LogP contribution in [0.2, 0.25) is 0 Å². The molecule has 0 bridgehead atoms. The topological polar surface area (TPSA) is 63.4 Å². The van der Waals surface area contributed by atoms with Crippen LogP contribution in [0.25, 0.3) is 11.0 Å². The molecule has 0 saturated heterocycles. The summed E-state index contributed by atoms with van der Waals surface area (Å²) in [4.78, 5) is 33.5. The third-order valence-corrected chi connectivity index (χ3v) is 6.24. The number of hydrogen-bond donors (Lipinski definition) is 0. The normalized spacial score (nSPS) is 15.8. The number of carbonyl (C=O) groups is 1. The molecule has 1 aliphatic heterocycles. The van der Waals surface area contributed by atoms with Crippen molar-refractivity contribution in [2.24, 2.45) is 0 Å². The third-order valence-electron chi connectivity index (χ3n) is 6.24. The molecule has 5 heteroatoms. The summed E-state index contributed by atoms with van der Waals surface area (Å²) in [5.41, 5.74) is 4.37. The molecular formula is C28H26N2O3. The Balaban J connectivity index is 1.78. The van der Waals surface area contributed by atoms with Crippen molar-refractivity contribution in [1.82, 2.24) is 4.98 Å². The number of fused-ring (bicyclic) bond motifs is 2. The zero-order chi connectivity index (χ0) is 23.5. The van der Waals surface area contributed by atoms with Gasteiger partial charge in [-0.1, -0.05) is 62.7 Å². The van der Waals surface area contributed by atoms with E-state index in [0.29, 0.717) is 22.4 Å². The standard InChI is InChI=1S/C28H26N2O3/c1-16-9-14-21-20(15-16)25(31)23-24(18-10-12-19(13-11-18)28(3,4)5)30(27(32)26(23)33-21)22-8-6-7-17(2)29-22/h6-15,24H,1-5H3. The first-order chi connectivity index (χ1) is 15.6. The van der Waals surface area contributed by atoms with E-state index in [9.17, 15) is 9.59 Å². The number of nitrogens with zero attached hydrogens (tertiary/aromatic N) is 2. The number of aryl methyl sites for hydroxylation is 2. The van der Waals surface area contributed by atoms with E-state index in [2.05, 4.69) is 37.9 Å². The Hall–Kier alpha value is -3.73. The average Bonchev–Trinajstić information content (AvgIpc) is 3.06. The molecule has 5 rings (SSSR count). The van der Waals surface area contributed by atoms with Crippen LogP contribution >= 0.6 is 0 Å². The number of hydrogen-bond acceptors (Lipinski definition) is 4. The Morgan fingerprint density at radius 1 is 0.939 bits per heavy atom. The van der Waals surface area contributed by atoms with Gasteiger partial charge < -0.3 is 4.42 Å². The van der Waals surface area contributed by atoms with Crippen molar-refractivity contribution in [1.29, 1.82) is 0 Å². The molecule has 1 aliphatic rings. The molecule has 0 aliphatic carbocycles. The smallest absolute Gasteiger partial charge is 0.296 e. The highest BCUT2D eigenvalue weighted by molar-refractivity contribution is 6.10. The molecular weight excluding hydrogens is 412 g/mol. The van der Waals surface area contributed by atoms with Gasteiger partial charge in [-0.2, -0.15) is 0 Å². The monoisotopic (exact) mass is 438 g/mol. The first kappa shape index (κ1) is 21.1. The van der Waals surface area contributed by atoms with Crippen LogP contribution in [0.5, 0.6) is 0 Å². The number of aromatic nitrogens is 1. The van der Waals surface area contributed by atoms with Crippen LogP contribution in [-0.4, -0.2) is 10.9 Å². The second-order valence-electron chi connectivity index (χ2n) is 9.76. The number of pyridine rings is 1. The average molecular weight is 439 g/mol. The first-order valence-corrected chi connectivity index (χ1v) is 11.1. The van der Waals surface area contributed by atoms with Gasteiger partial charge in [-0.3, -0.25) is 14.5 Å². The minimum absolute atomic E-state index is 0.00747. The summed E-state index contributed by atoms with van der Waals surface area (Å²) in [7, 11) is 0. The SMILES string of the molecule is Cc1ccc2oc3c(c(=O)c2c1)C(c1ccc(C(C)(C)C)cc1)N(c1cccc(C)n1)C3=O. The molecule has 1 atom stereocenters. The van der Waals surface area contributed by atoms with Crippen molar-refractivity contribution in [2.75, 3.05) is 4.90 Å². The van der Waals surface area contributed by atoms with E-state index in [-0.39, 0.29) is 22.5 Å². The van der Waals surface area contributed by atoms with Crippen molar-refractivity contribution in [3.8, 4) is 0 Å². The van der Waals surface area contributed by atoms with E-state index in [1.54, 1.807) is 17.0 Å². The van der Waals surface area contributed by atoms with E-state index < -0.39 is 6.04 Å². The van der Waals surface area contributed by atoms with E-state index in [1.807, 2.05) is 50.2 Å². The molecule has 0 N–H and O–H groups in total. The zero-order valence-electron chi connectivity index (χ0n) is 19.5. The van der Waals surface area contributed by atoms with E-state index >= 15 is 0 Å². The van der Waals surface area contributed by atoms with Gasteiger partial charge in [0.15, 0.2) is 5.43 Å². The third kappa shape index (κ3) is 3.44. The number of rotatable bonds is 2. The molecule has 4 aromatic rings. The Morgan fingerprint density at radius 3 is 2.33 bits per heavy atom. The molecule has 2 aromatic carbocycles. The Kier molecular flexibility index (Phi) is 4.74. The number of amides is 1. The van der Waals surface area contributed by atoms with Crippen LogP contribution in [0.3, 0.4) is 0 Å². The van der Waals surface area contributed by atoms with E-state index in [0.717, 1.165) is 16.8 Å². The van der Waals surface area contributed by atoms with Crippen molar-refractivity contribution < 1.29 is 9.21 Å². The minimum atomic E-state index is -0.614. The second kappa shape index (κ2) is 7.41. The van der Waals surface area contributed by atoms with Crippen molar-refractivity contribution in [2.45, 2.75) is 46.1 Å². The van der Waals surface area contributed by atoms with Crippen LogP contribution in [0.4, 0.5) is 5.82 Å². The lowest BCUT2D eigenvalue weighted by atomic mass is 9.86. The van der Waals surface area contributed by atoms with Gasteiger partial charge in [-0.15, -0.1) is 0 Å². The summed E-state index contributed by atoms with van der Waals surface area (Å²) in [5, 5.41) is 0.483. The summed E-state index contributed by atoms with van der Waals surface area (Å²) in [5.74, 6) is 0.230. The van der Waals surface area contributed by atoms with Crippen LogP contribution in [-0.2, 0) is 5.41 Å². The second-order valence-corrected chi connectivity index (χ2v) is 9.76. The largest absolute Gasteiger partial charge is 0.450 e. The number of benzene rings is 2. The molecule has 166 valence electrons. The molecule has 1 unspecified atom stereocenters. The van der Waals surface area contributed by atoms with Crippen LogP contribution in [0.15, 0.2) is 69.9 Å². The summed E-state index contributed by atoms with van der Waals surface area (Å²) < 4.78 is 6.05. The van der Waals surface area contributed by atoms with Gasteiger partial charge in [0, 0.05) is 5.69 Å². The molecule has 33 heavy (non-hydrogen) atoms. The van der Waals surface area contributed by atoms with Gasteiger partial charge in [-0.25, -0.2) is 4.98 Å². The minimum Gasteiger partial charge on any atom is -0.450 e. The summed E-state index contributed by atoms with van der Waals surface area (Å²) in [6.45, 7) is 10.3. The van der Waals surface area contributed by atoms with Crippen molar-refractivity contribution >= 4 is 22.7 Å². The van der Waals surface area contributed by atoms with E-state index in [4.69, 9.17) is 4.42 Å². The summed E-state index contributed by atoms with van der Waals surface area (Å²) >= 11 is 0. The predicted molar refractivity (Wildman–Crippen MR) is 130 cm³/mol. The summed E-state index contributed by atoms with van der Waals surface area (Å²) in [6, 6.07) is 18.5. The lowest BCUT2D eigenvalue weighted by Crippen LogP contribution is -2.30. The van der Waals surface area contributed by atoms with Gasteiger partial charge in [0.05, 0.1) is 17.0 Å². The lowest BCUT2D eigenvalue weighted by molar-refractivity contribution is 0.0970. The number of anilines is 1. The van der Waals surface area contributed by atoms with Gasteiger partial charge in [0.25, 0.3) is 5.91 Å². The Morgan fingerprint density at radius 2 is 1.67 bits per heavy atom. The highest BCUT2D eigenvalue weighted by Gasteiger charge is 2.44. The van der Waals surface area contributed by atoms with Gasteiger partial charge in [0.1, 0.15) is 11.4 Å². The fourth-order valence-electron chi connectivity index (χ4n) is 4.47. The highest BCUT2D eigenvalue weighted by Crippen LogP contribution is 2.41. The van der Waals surface area contributed by atoms with Crippen LogP contribution in [0.1, 0.15) is 65.3 Å². The maximum absolute atomic E-state index is 13.7. The quantitative estimate of drug-likeness (QED) is 0.394. The van der Waals surface area contributed by atoms with Crippen molar-refractivity contribution in [3.05, 3.63) is 105 Å². The molecule has 0 saturated carbocycles. The fraction of sp³-hybridized carbons (Fsp3) is 0.250. The van der Waals surface area contributed by atoms with Gasteiger partial charge in [0.2, 0.25) is 5.76 Å².